The third-order valence-electron chi connectivity index (χ3n) is 9.00. The molecule has 3 aliphatic rings. The van der Waals surface area contributed by atoms with Crippen LogP contribution in [0.1, 0.15) is 79.4 Å². The first kappa shape index (κ1) is 28.1. The van der Waals surface area contributed by atoms with Crippen LogP contribution < -0.4 is 10.0 Å². The van der Waals surface area contributed by atoms with E-state index in [4.69, 9.17) is 0 Å². The van der Waals surface area contributed by atoms with Crippen LogP contribution in [0.2, 0.25) is 0 Å². The number of benzene rings is 2. The van der Waals surface area contributed by atoms with Crippen molar-refractivity contribution < 1.29 is 14.5 Å². The second-order valence-corrected chi connectivity index (χ2v) is 13.5. The molecule has 0 aromatic heterocycles. The maximum Gasteiger partial charge on any atom is 0.209 e. The van der Waals surface area contributed by atoms with Crippen molar-refractivity contribution in [1.29, 1.82) is 0 Å². The molecule has 210 valence electrons. The van der Waals surface area contributed by atoms with Gasteiger partial charge in [-0.1, -0.05) is 83.7 Å². The summed E-state index contributed by atoms with van der Waals surface area (Å²) in [4.78, 5) is 16.0. The fourth-order valence-electron chi connectivity index (χ4n) is 6.43. The molecule has 0 unspecified atom stereocenters. The molecule has 0 atom stereocenters. The molecule has 0 fully saturated rings. The number of fused-ring (bicyclic) bond motifs is 2. The van der Waals surface area contributed by atoms with E-state index in [1.807, 2.05) is 12.2 Å². The van der Waals surface area contributed by atoms with Crippen molar-refractivity contribution in [3.8, 4) is 0 Å². The molecule has 2 aromatic rings. The monoisotopic (exact) mass is 536 g/mol. The van der Waals surface area contributed by atoms with Crippen molar-refractivity contribution in [3.63, 3.8) is 0 Å². The minimum Gasteiger partial charge on any atom is -0.871 e. The number of Topliss-reactive ketones (excluding diaryl/α,β-unsaturated/α-hetero) is 1. The first-order chi connectivity index (χ1) is 18.9. The average molecular weight is 537 g/mol. The van der Waals surface area contributed by atoms with E-state index in [2.05, 4.69) is 113 Å². The van der Waals surface area contributed by atoms with Crippen LogP contribution in [-0.4, -0.2) is 29.2 Å². The second kappa shape index (κ2) is 10.2. The van der Waals surface area contributed by atoms with Crippen LogP contribution in [0.3, 0.4) is 0 Å². The Morgan fingerprint density at radius 3 is 2.12 bits per heavy atom. The summed E-state index contributed by atoms with van der Waals surface area (Å²) in [5.74, 6) is 0.828. The van der Waals surface area contributed by atoms with Crippen LogP contribution in [0.15, 0.2) is 83.3 Å². The molecule has 1 aliphatic carbocycles. The number of allylic oxidation sites excluding steroid dienone is 5. The number of carbonyl (C=O) groups excluding carboxylic acids is 1. The smallest absolute Gasteiger partial charge is 0.209 e. The van der Waals surface area contributed by atoms with Gasteiger partial charge in [0.1, 0.15) is 6.54 Å². The summed E-state index contributed by atoms with van der Waals surface area (Å²) in [5.41, 5.74) is 6.92. The van der Waals surface area contributed by atoms with Crippen molar-refractivity contribution in [1.82, 2.24) is 0 Å². The first-order valence-corrected chi connectivity index (χ1v) is 14.9. The number of anilines is 1. The molecule has 0 saturated carbocycles. The van der Waals surface area contributed by atoms with E-state index in [0.29, 0.717) is 23.0 Å². The third kappa shape index (κ3) is 4.56. The van der Waals surface area contributed by atoms with E-state index in [0.717, 1.165) is 37.3 Å². The van der Waals surface area contributed by atoms with Crippen molar-refractivity contribution in [2.75, 3.05) is 18.0 Å². The molecule has 0 bridgehead atoms. The molecule has 2 aliphatic heterocycles. The van der Waals surface area contributed by atoms with Gasteiger partial charge in [0.15, 0.2) is 11.5 Å². The molecule has 2 aromatic carbocycles. The SMILES string of the molecule is CC(C)CCN1/C(=C\C2=C([O-])C(=C\C3=[N+](CCC(C)C)c4ccccc4C3(C)C)/C2=O)C(C)(C)c2ccccc21. The molecular weight excluding hydrogens is 492 g/mol. The molecule has 0 N–H and O–H groups in total. The number of nitrogens with zero attached hydrogens (tertiary/aromatic N) is 2. The zero-order valence-electron chi connectivity index (χ0n) is 25.5. The van der Waals surface area contributed by atoms with Gasteiger partial charge in [0.05, 0.1) is 5.41 Å². The van der Waals surface area contributed by atoms with E-state index in [9.17, 15) is 9.90 Å². The molecule has 4 heteroatoms. The Bertz CT molecular complexity index is 1480. The largest absolute Gasteiger partial charge is 0.871 e. The Hall–Kier alpha value is -3.40. The van der Waals surface area contributed by atoms with Crippen LogP contribution >= 0.6 is 0 Å². The van der Waals surface area contributed by atoms with Crippen LogP contribution in [0.25, 0.3) is 0 Å². The van der Waals surface area contributed by atoms with E-state index >= 15 is 0 Å². The highest BCUT2D eigenvalue weighted by Crippen LogP contribution is 2.49. The minimum absolute atomic E-state index is 0.142. The molecule has 5 rings (SSSR count). The highest BCUT2D eigenvalue weighted by Gasteiger charge is 2.46. The average Bonchev–Trinajstić information content (AvgIpc) is 3.26. The predicted octanol–water partition coefficient (Wildman–Crippen LogP) is 6.96. The molecule has 40 heavy (non-hydrogen) atoms. The van der Waals surface area contributed by atoms with E-state index < -0.39 is 0 Å². The van der Waals surface area contributed by atoms with Gasteiger partial charge in [-0.3, -0.25) is 4.79 Å². The zero-order valence-corrected chi connectivity index (χ0v) is 25.5. The Labute approximate surface area is 240 Å². The van der Waals surface area contributed by atoms with Gasteiger partial charge in [-0.15, -0.1) is 0 Å². The normalized spacial score (nSPS) is 21.2. The van der Waals surface area contributed by atoms with Crippen molar-refractivity contribution in [2.24, 2.45) is 11.8 Å². The summed E-state index contributed by atoms with van der Waals surface area (Å²) in [5, 5.41) is 13.6. The van der Waals surface area contributed by atoms with Gasteiger partial charge in [0.25, 0.3) is 0 Å². The predicted molar refractivity (Wildman–Crippen MR) is 163 cm³/mol. The van der Waals surface area contributed by atoms with E-state index in [1.165, 1.54) is 22.5 Å². The summed E-state index contributed by atoms with van der Waals surface area (Å²) in [6.07, 6.45) is 5.84. The van der Waals surface area contributed by atoms with Crippen LogP contribution in [0.5, 0.6) is 0 Å². The maximum atomic E-state index is 13.6. The molecular formula is C36H44N2O2. The molecule has 0 radical (unpaired) electrons. The van der Waals surface area contributed by atoms with Gasteiger partial charge in [-0.2, -0.15) is 4.58 Å². The molecule has 0 amide bonds. The number of para-hydroxylation sites is 2. The third-order valence-corrected chi connectivity index (χ3v) is 9.00. The number of ketones is 1. The summed E-state index contributed by atoms with van der Waals surface area (Å²) in [6.45, 7) is 19.4. The highest BCUT2D eigenvalue weighted by molar-refractivity contribution is 6.24. The van der Waals surface area contributed by atoms with Crippen LogP contribution in [-0.2, 0) is 15.6 Å². The Morgan fingerprint density at radius 1 is 0.850 bits per heavy atom. The fourth-order valence-corrected chi connectivity index (χ4v) is 6.43. The summed E-state index contributed by atoms with van der Waals surface area (Å²) < 4.78 is 2.32. The Morgan fingerprint density at radius 2 is 1.48 bits per heavy atom. The maximum absolute atomic E-state index is 13.6. The lowest BCUT2D eigenvalue weighted by atomic mass is 9.77. The van der Waals surface area contributed by atoms with Crippen molar-refractivity contribution in [2.45, 2.75) is 79.1 Å². The lowest BCUT2D eigenvalue weighted by Crippen LogP contribution is -2.35. The molecule has 4 nitrogen and oxygen atoms in total. The number of rotatable bonds is 8. The molecule has 0 spiro atoms. The van der Waals surface area contributed by atoms with Crippen molar-refractivity contribution in [3.05, 3.63) is 94.4 Å². The lowest BCUT2D eigenvalue weighted by Gasteiger charge is -2.33. The lowest BCUT2D eigenvalue weighted by molar-refractivity contribution is -0.439. The first-order valence-electron chi connectivity index (χ1n) is 14.9. The van der Waals surface area contributed by atoms with Crippen molar-refractivity contribution >= 4 is 22.9 Å². The highest BCUT2D eigenvalue weighted by atomic mass is 16.3. The molecule has 0 saturated heterocycles. The number of hydrogen-bond donors (Lipinski definition) is 0. The zero-order chi connectivity index (χ0) is 29.0. The summed E-state index contributed by atoms with van der Waals surface area (Å²) in [7, 11) is 0. The minimum atomic E-state index is -0.294. The summed E-state index contributed by atoms with van der Waals surface area (Å²) >= 11 is 0. The van der Waals surface area contributed by atoms with E-state index in [-0.39, 0.29) is 22.4 Å². The van der Waals surface area contributed by atoms with Gasteiger partial charge in [0, 0.05) is 58.6 Å². The van der Waals surface area contributed by atoms with Gasteiger partial charge in [-0.25, -0.2) is 0 Å². The van der Waals surface area contributed by atoms with Crippen LogP contribution in [0.4, 0.5) is 11.4 Å². The van der Waals surface area contributed by atoms with Gasteiger partial charge < -0.3 is 10.0 Å². The topological polar surface area (TPSA) is 46.4 Å². The number of hydrogen-bond acceptors (Lipinski definition) is 3. The quantitative estimate of drug-likeness (QED) is 0.271. The number of carbonyl (C=O) groups is 1. The van der Waals surface area contributed by atoms with Gasteiger partial charge in [0.2, 0.25) is 5.69 Å². The Kier molecular flexibility index (Phi) is 7.18. The fraction of sp³-hybridized carbons (Fsp3) is 0.444. The Balaban J connectivity index is 1.57. The second-order valence-electron chi connectivity index (χ2n) is 13.5. The molecule has 2 heterocycles. The van der Waals surface area contributed by atoms with Gasteiger partial charge in [-0.05, 0) is 49.8 Å². The van der Waals surface area contributed by atoms with E-state index in [1.54, 1.807) is 0 Å². The van der Waals surface area contributed by atoms with Gasteiger partial charge >= 0.3 is 0 Å². The standard InChI is InChI=1S/C36H44N2O2/c1-23(2)17-19-37-29-15-11-9-13-27(29)35(5,6)31(37)21-25-33(39)26(34(25)40)22-32-36(7,8)28-14-10-12-16-30(28)38(32)20-18-24(3)4/h9-16,21-24H,17-20H2,1-8H3. The summed E-state index contributed by atoms with van der Waals surface area (Å²) in [6, 6.07) is 16.9. The van der Waals surface area contributed by atoms with Crippen LogP contribution in [0, 0.1) is 11.8 Å².